The van der Waals surface area contributed by atoms with Crippen LogP contribution in [0, 0.1) is 5.92 Å². The predicted octanol–water partition coefficient (Wildman–Crippen LogP) is 2.84. The van der Waals surface area contributed by atoms with Crippen LogP contribution in [0.2, 0.25) is 0 Å². The highest BCUT2D eigenvalue weighted by Crippen LogP contribution is 2.35. The average Bonchev–Trinajstić information content (AvgIpc) is 3.11. The quantitative estimate of drug-likeness (QED) is 0.927. The van der Waals surface area contributed by atoms with Crippen LogP contribution in [0.3, 0.4) is 0 Å². The Labute approximate surface area is 130 Å². The zero-order chi connectivity index (χ0) is 14.2. The van der Waals surface area contributed by atoms with Crippen LogP contribution in [0.1, 0.15) is 52.2 Å². The summed E-state index contributed by atoms with van der Waals surface area (Å²) in [6.45, 7) is 3.21. The summed E-state index contributed by atoms with van der Waals surface area (Å²) in [6.07, 6.45) is 8.50. The molecule has 1 aromatic heterocycles. The highest BCUT2D eigenvalue weighted by atomic mass is 32.1. The fourth-order valence-electron chi connectivity index (χ4n) is 3.70. The molecule has 4 heteroatoms. The summed E-state index contributed by atoms with van der Waals surface area (Å²) in [4.78, 5) is 17.6. The molecule has 0 atom stereocenters. The van der Waals surface area contributed by atoms with E-state index in [0.29, 0.717) is 17.9 Å². The summed E-state index contributed by atoms with van der Waals surface area (Å²) in [5.74, 6) is 1.01. The van der Waals surface area contributed by atoms with E-state index in [9.17, 15) is 4.79 Å². The van der Waals surface area contributed by atoms with E-state index in [1.54, 1.807) is 11.3 Å². The normalized spacial score (nSPS) is 22.3. The van der Waals surface area contributed by atoms with Crippen molar-refractivity contribution in [3.63, 3.8) is 0 Å². The molecule has 0 bridgehead atoms. The van der Waals surface area contributed by atoms with Gasteiger partial charge in [-0.05, 0) is 75.6 Å². The van der Waals surface area contributed by atoms with Crippen LogP contribution in [0.15, 0.2) is 6.07 Å². The van der Waals surface area contributed by atoms with Crippen molar-refractivity contribution in [3.8, 4) is 0 Å². The summed E-state index contributed by atoms with van der Waals surface area (Å²) in [5.41, 5.74) is 1.45. The Morgan fingerprint density at radius 1 is 1.24 bits per heavy atom. The predicted molar refractivity (Wildman–Crippen MR) is 86.0 cm³/mol. The molecule has 1 amide bonds. The van der Waals surface area contributed by atoms with Crippen LogP contribution in [0.5, 0.6) is 0 Å². The molecule has 0 radical (unpaired) electrons. The Kier molecular flexibility index (Phi) is 3.76. The van der Waals surface area contributed by atoms with Gasteiger partial charge >= 0.3 is 0 Å². The maximum atomic E-state index is 12.9. The van der Waals surface area contributed by atoms with Crippen LogP contribution < -0.4 is 5.32 Å². The lowest BCUT2D eigenvalue weighted by atomic mass is 9.97. The lowest BCUT2D eigenvalue weighted by molar-refractivity contribution is 0.0706. The number of hydrogen-bond donors (Lipinski definition) is 1. The Balaban J connectivity index is 1.48. The number of fused-ring (bicyclic) bond motifs is 1. The van der Waals surface area contributed by atoms with Gasteiger partial charge in [0.05, 0.1) is 4.88 Å². The molecule has 0 unspecified atom stereocenters. The number of nitrogens with one attached hydrogen (secondary N) is 1. The second-order valence-electron chi connectivity index (χ2n) is 6.79. The number of carbonyl (C=O) groups excluding carboxylic acids is 1. The van der Waals surface area contributed by atoms with Crippen LogP contribution in [0.25, 0.3) is 0 Å². The molecule has 2 fully saturated rings. The summed E-state index contributed by atoms with van der Waals surface area (Å²) < 4.78 is 0. The number of aryl methyl sites for hydroxylation is 2. The third kappa shape index (κ3) is 2.88. The maximum Gasteiger partial charge on any atom is 0.264 e. The van der Waals surface area contributed by atoms with Gasteiger partial charge in [0.2, 0.25) is 0 Å². The van der Waals surface area contributed by atoms with E-state index >= 15 is 0 Å². The number of piperidine rings is 1. The molecule has 21 heavy (non-hydrogen) atoms. The third-order valence-electron chi connectivity index (χ3n) is 5.12. The number of amides is 1. The molecule has 114 valence electrons. The Hall–Kier alpha value is -0.870. The number of carbonyl (C=O) groups is 1. The van der Waals surface area contributed by atoms with Crippen molar-refractivity contribution < 1.29 is 4.79 Å². The molecule has 2 aliphatic carbocycles. The molecule has 1 saturated heterocycles. The topological polar surface area (TPSA) is 32.3 Å². The van der Waals surface area contributed by atoms with Gasteiger partial charge in [-0.25, -0.2) is 0 Å². The van der Waals surface area contributed by atoms with Gasteiger partial charge in [-0.3, -0.25) is 4.79 Å². The minimum atomic E-state index is 0.315. The van der Waals surface area contributed by atoms with Crippen molar-refractivity contribution in [1.29, 1.82) is 0 Å². The van der Waals surface area contributed by atoms with E-state index in [1.165, 1.54) is 55.4 Å². The Morgan fingerprint density at radius 3 is 2.76 bits per heavy atom. The van der Waals surface area contributed by atoms with Crippen molar-refractivity contribution in [2.45, 2.75) is 51.0 Å². The van der Waals surface area contributed by atoms with Gasteiger partial charge in [0.15, 0.2) is 0 Å². The number of rotatable bonds is 4. The smallest absolute Gasteiger partial charge is 0.264 e. The van der Waals surface area contributed by atoms with E-state index in [0.717, 1.165) is 24.5 Å². The second-order valence-corrected chi connectivity index (χ2v) is 7.93. The molecular formula is C17H24N2OS. The first-order valence-electron chi connectivity index (χ1n) is 8.44. The SMILES string of the molecule is O=C(c1cc2c(s1)CCC2)N(CC1CCNCC1)C1CC1. The van der Waals surface area contributed by atoms with Crippen LogP contribution in [0.4, 0.5) is 0 Å². The van der Waals surface area contributed by atoms with Gasteiger partial charge in [0.25, 0.3) is 5.91 Å². The Morgan fingerprint density at radius 2 is 2.05 bits per heavy atom. The van der Waals surface area contributed by atoms with Gasteiger partial charge < -0.3 is 10.2 Å². The summed E-state index contributed by atoms with van der Waals surface area (Å²) in [6, 6.07) is 2.72. The standard InChI is InChI=1S/C17H24N2OS/c20-17(16-10-13-2-1-3-15(13)21-16)19(14-4-5-14)11-12-6-8-18-9-7-12/h10,12,14,18H,1-9,11H2. The number of nitrogens with zero attached hydrogens (tertiary/aromatic N) is 1. The monoisotopic (exact) mass is 304 g/mol. The molecule has 0 aromatic carbocycles. The van der Waals surface area contributed by atoms with E-state index < -0.39 is 0 Å². The molecule has 3 aliphatic rings. The van der Waals surface area contributed by atoms with E-state index in [1.807, 2.05) is 0 Å². The van der Waals surface area contributed by atoms with Gasteiger partial charge in [-0.1, -0.05) is 0 Å². The molecular weight excluding hydrogens is 280 g/mol. The van der Waals surface area contributed by atoms with Gasteiger partial charge in [-0.15, -0.1) is 11.3 Å². The Bertz CT molecular complexity index is 507. The van der Waals surface area contributed by atoms with Crippen molar-refractivity contribution in [1.82, 2.24) is 10.2 Å². The minimum Gasteiger partial charge on any atom is -0.335 e. The summed E-state index contributed by atoms with van der Waals surface area (Å²) in [5, 5.41) is 3.42. The van der Waals surface area contributed by atoms with Crippen LogP contribution in [-0.2, 0) is 12.8 Å². The molecule has 3 nitrogen and oxygen atoms in total. The molecule has 1 N–H and O–H groups in total. The first-order valence-corrected chi connectivity index (χ1v) is 9.26. The van der Waals surface area contributed by atoms with Gasteiger partial charge in [0, 0.05) is 17.5 Å². The maximum absolute atomic E-state index is 12.9. The van der Waals surface area contributed by atoms with Crippen molar-refractivity contribution in [2.75, 3.05) is 19.6 Å². The zero-order valence-corrected chi connectivity index (χ0v) is 13.4. The fraction of sp³-hybridized carbons (Fsp3) is 0.706. The average molecular weight is 304 g/mol. The second kappa shape index (κ2) is 5.73. The number of hydrogen-bond acceptors (Lipinski definition) is 3. The minimum absolute atomic E-state index is 0.315. The van der Waals surface area contributed by atoms with Gasteiger partial charge in [-0.2, -0.15) is 0 Å². The van der Waals surface area contributed by atoms with E-state index in [2.05, 4.69) is 16.3 Å². The summed E-state index contributed by atoms with van der Waals surface area (Å²) >= 11 is 1.76. The molecule has 1 aromatic rings. The highest BCUT2D eigenvalue weighted by Gasteiger charge is 2.35. The molecule has 2 heterocycles. The zero-order valence-electron chi connectivity index (χ0n) is 12.6. The molecule has 4 rings (SSSR count). The van der Waals surface area contributed by atoms with Crippen LogP contribution in [-0.4, -0.2) is 36.5 Å². The molecule has 0 spiro atoms. The molecule has 1 saturated carbocycles. The largest absolute Gasteiger partial charge is 0.335 e. The van der Waals surface area contributed by atoms with E-state index in [-0.39, 0.29) is 0 Å². The van der Waals surface area contributed by atoms with Crippen LogP contribution >= 0.6 is 11.3 Å². The first kappa shape index (κ1) is 13.8. The first-order chi connectivity index (χ1) is 10.3. The number of thiophene rings is 1. The van der Waals surface area contributed by atoms with Crippen molar-refractivity contribution >= 4 is 17.2 Å². The van der Waals surface area contributed by atoms with Gasteiger partial charge in [0.1, 0.15) is 0 Å². The lowest BCUT2D eigenvalue weighted by Crippen LogP contribution is -2.40. The highest BCUT2D eigenvalue weighted by molar-refractivity contribution is 7.14. The molecule has 1 aliphatic heterocycles. The van der Waals surface area contributed by atoms with Crippen molar-refractivity contribution in [3.05, 3.63) is 21.4 Å². The lowest BCUT2D eigenvalue weighted by Gasteiger charge is -2.30. The third-order valence-corrected chi connectivity index (χ3v) is 6.34. The fourth-order valence-corrected chi connectivity index (χ4v) is 4.91. The summed E-state index contributed by atoms with van der Waals surface area (Å²) in [7, 11) is 0. The van der Waals surface area contributed by atoms with E-state index in [4.69, 9.17) is 0 Å². The van der Waals surface area contributed by atoms with Crippen molar-refractivity contribution in [2.24, 2.45) is 5.92 Å².